The van der Waals surface area contributed by atoms with Crippen LogP contribution in [-0.4, -0.2) is 45.8 Å². The molecule has 0 radical (unpaired) electrons. The van der Waals surface area contributed by atoms with Crippen LogP contribution in [-0.2, 0) is 10.5 Å². The average Bonchev–Trinajstić information content (AvgIpc) is 3.05. The molecule has 0 aliphatic carbocycles. The summed E-state index contributed by atoms with van der Waals surface area (Å²) in [5.41, 5.74) is 1.07. The molecule has 1 unspecified atom stereocenters. The van der Waals surface area contributed by atoms with E-state index in [9.17, 15) is 4.79 Å². The Morgan fingerprint density at radius 1 is 1.65 bits per heavy atom. The molecule has 2 heterocycles. The number of carbonyl (C=O) groups excluding carboxylic acids is 1. The summed E-state index contributed by atoms with van der Waals surface area (Å²) >= 11 is 3.30. The van der Waals surface area contributed by atoms with Gasteiger partial charge >= 0.3 is 0 Å². The number of nitrogens with zero attached hydrogens (tertiary/aromatic N) is 2. The van der Waals surface area contributed by atoms with Gasteiger partial charge in [-0.15, -0.1) is 23.1 Å². The number of amides is 1. The molecule has 1 N–H and O–H groups in total. The van der Waals surface area contributed by atoms with Crippen LogP contribution in [0.2, 0.25) is 0 Å². The largest absolute Gasteiger partial charge is 0.396 e. The molecule has 0 bridgehead atoms. The van der Waals surface area contributed by atoms with Gasteiger partial charge in [0.25, 0.3) is 0 Å². The molecule has 1 aliphatic heterocycles. The fourth-order valence-electron chi connectivity index (χ4n) is 2.59. The zero-order chi connectivity index (χ0) is 14.4. The second kappa shape index (κ2) is 8.00. The van der Waals surface area contributed by atoms with Crippen molar-refractivity contribution < 1.29 is 9.90 Å². The molecular formula is C14H22N2O2S2. The highest BCUT2D eigenvalue weighted by molar-refractivity contribution is 7.99. The molecule has 4 nitrogen and oxygen atoms in total. The maximum atomic E-state index is 12.2. The summed E-state index contributed by atoms with van der Waals surface area (Å²) in [5, 5.41) is 12.0. The van der Waals surface area contributed by atoms with Gasteiger partial charge in [0.15, 0.2) is 0 Å². The molecule has 1 saturated heterocycles. The van der Waals surface area contributed by atoms with E-state index in [4.69, 9.17) is 5.11 Å². The molecule has 1 amide bonds. The Morgan fingerprint density at radius 3 is 3.20 bits per heavy atom. The van der Waals surface area contributed by atoms with E-state index in [1.165, 1.54) is 0 Å². The smallest absolute Gasteiger partial charge is 0.232 e. The van der Waals surface area contributed by atoms with Crippen LogP contribution in [0.15, 0.2) is 5.38 Å². The number of hydrogen-bond donors (Lipinski definition) is 1. The van der Waals surface area contributed by atoms with Crippen molar-refractivity contribution in [1.29, 1.82) is 0 Å². The predicted octanol–water partition coefficient (Wildman–Crippen LogP) is 2.45. The van der Waals surface area contributed by atoms with Gasteiger partial charge in [-0.25, -0.2) is 4.98 Å². The van der Waals surface area contributed by atoms with Gasteiger partial charge in [-0.3, -0.25) is 4.79 Å². The molecule has 0 spiro atoms. The SMILES string of the molecule is Cc1nc(CSCC(=O)N2CCCC2CCCO)cs1. The summed E-state index contributed by atoms with van der Waals surface area (Å²) in [7, 11) is 0. The minimum Gasteiger partial charge on any atom is -0.396 e. The number of rotatable bonds is 7. The van der Waals surface area contributed by atoms with E-state index in [2.05, 4.69) is 10.4 Å². The first-order valence-corrected chi connectivity index (χ1v) is 9.13. The molecule has 6 heteroatoms. The summed E-state index contributed by atoms with van der Waals surface area (Å²) in [5.74, 6) is 1.58. The Kier molecular flexibility index (Phi) is 6.32. The van der Waals surface area contributed by atoms with Crippen LogP contribution in [0.1, 0.15) is 36.4 Å². The molecule has 0 saturated carbocycles. The van der Waals surface area contributed by atoms with Crippen molar-refractivity contribution in [2.45, 2.75) is 44.4 Å². The van der Waals surface area contributed by atoms with Crippen molar-refractivity contribution in [3.63, 3.8) is 0 Å². The van der Waals surface area contributed by atoms with Crippen molar-refractivity contribution in [1.82, 2.24) is 9.88 Å². The van der Waals surface area contributed by atoms with Crippen molar-refractivity contribution >= 4 is 29.0 Å². The number of carbonyl (C=O) groups is 1. The van der Waals surface area contributed by atoms with Gasteiger partial charge in [0.1, 0.15) is 0 Å². The average molecular weight is 314 g/mol. The normalized spacial score (nSPS) is 18.7. The van der Waals surface area contributed by atoms with Crippen LogP contribution in [0.4, 0.5) is 0 Å². The van der Waals surface area contributed by atoms with E-state index >= 15 is 0 Å². The van der Waals surface area contributed by atoms with Gasteiger partial charge in [-0.2, -0.15) is 0 Å². The molecule has 1 atom stereocenters. The summed E-state index contributed by atoms with van der Waals surface area (Å²) < 4.78 is 0. The van der Waals surface area contributed by atoms with Gasteiger partial charge in [-0.05, 0) is 32.6 Å². The molecule has 1 aliphatic rings. The second-order valence-corrected chi connectivity index (χ2v) is 7.15. The number of aryl methyl sites for hydroxylation is 1. The first kappa shape index (κ1) is 15.8. The third-order valence-corrected chi connectivity index (χ3v) is 5.31. The Morgan fingerprint density at radius 2 is 2.50 bits per heavy atom. The van der Waals surface area contributed by atoms with E-state index in [1.54, 1.807) is 23.1 Å². The Balaban J connectivity index is 1.73. The van der Waals surface area contributed by atoms with E-state index in [-0.39, 0.29) is 12.5 Å². The third kappa shape index (κ3) is 4.46. The molecule has 1 fully saturated rings. The lowest BCUT2D eigenvalue weighted by Gasteiger charge is -2.24. The maximum absolute atomic E-state index is 12.2. The lowest BCUT2D eigenvalue weighted by molar-refractivity contribution is -0.129. The fourth-order valence-corrected chi connectivity index (χ4v) is 4.11. The first-order chi connectivity index (χ1) is 9.70. The lowest BCUT2D eigenvalue weighted by atomic mass is 10.1. The fraction of sp³-hybridized carbons (Fsp3) is 0.714. The van der Waals surface area contributed by atoms with E-state index in [0.29, 0.717) is 11.8 Å². The first-order valence-electron chi connectivity index (χ1n) is 7.10. The molecule has 20 heavy (non-hydrogen) atoms. The van der Waals surface area contributed by atoms with Gasteiger partial charge in [0, 0.05) is 30.3 Å². The van der Waals surface area contributed by atoms with Gasteiger partial charge in [-0.1, -0.05) is 0 Å². The quantitative estimate of drug-likeness (QED) is 0.840. The van der Waals surface area contributed by atoms with Gasteiger partial charge in [0.2, 0.25) is 5.91 Å². The van der Waals surface area contributed by atoms with Crippen LogP contribution in [0.5, 0.6) is 0 Å². The van der Waals surface area contributed by atoms with Gasteiger partial charge < -0.3 is 10.0 Å². The summed E-state index contributed by atoms with van der Waals surface area (Å²) in [6, 6.07) is 0.344. The van der Waals surface area contributed by atoms with Crippen LogP contribution in [0.3, 0.4) is 0 Å². The molecular weight excluding hydrogens is 292 g/mol. The Labute approximate surface area is 128 Å². The summed E-state index contributed by atoms with van der Waals surface area (Å²) in [6.45, 7) is 3.10. The number of hydrogen-bond acceptors (Lipinski definition) is 5. The number of thioether (sulfide) groups is 1. The van der Waals surface area contributed by atoms with Gasteiger partial charge in [0.05, 0.1) is 16.5 Å². The molecule has 112 valence electrons. The Hall–Kier alpha value is -0.590. The molecule has 1 aromatic heterocycles. The molecule has 2 rings (SSSR count). The number of aliphatic hydroxyl groups is 1. The highest BCUT2D eigenvalue weighted by Crippen LogP contribution is 2.23. The van der Waals surface area contributed by atoms with Crippen molar-refractivity contribution in [2.75, 3.05) is 18.9 Å². The van der Waals surface area contributed by atoms with Crippen LogP contribution in [0.25, 0.3) is 0 Å². The number of thiazole rings is 1. The van der Waals surface area contributed by atoms with Crippen molar-refractivity contribution in [3.05, 3.63) is 16.1 Å². The lowest BCUT2D eigenvalue weighted by Crippen LogP contribution is -2.36. The predicted molar refractivity (Wildman–Crippen MR) is 84.1 cm³/mol. The zero-order valence-corrected chi connectivity index (χ0v) is 13.5. The number of likely N-dealkylation sites (tertiary alicyclic amines) is 1. The maximum Gasteiger partial charge on any atom is 0.232 e. The minimum absolute atomic E-state index is 0.219. The molecule has 0 aromatic carbocycles. The monoisotopic (exact) mass is 314 g/mol. The van der Waals surface area contributed by atoms with E-state index in [1.807, 2.05) is 11.8 Å². The van der Waals surface area contributed by atoms with E-state index < -0.39 is 0 Å². The van der Waals surface area contributed by atoms with Crippen LogP contribution < -0.4 is 0 Å². The zero-order valence-electron chi connectivity index (χ0n) is 11.9. The van der Waals surface area contributed by atoms with Crippen molar-refractivity contribution in [3.8, 4) is 0 Å². The van der Waals surface area contributed by atoms with Crippen LogP contribution >= 0.6 is 23.1 Å². The topological polar surface area (TPSA) is 53.4 Å². The molecule has 1 aromatic rings. The number of aliphatic hydroxyl groups excluding tert-OH is 1. The third-order valence-electron chi connectivity index (χ3n) is 3.53. The highest BCUT2D eigenvalue weighted by Gasteiger charge is 2.27. The van der Waals surface area contributed by atoms with E-state index in [0.717, 1.165) is 48.7 Å². The standard InChI is InChI=1S/C14H22N2O2S2/c1-11-15-12(9-20-11)8-19-10-14(18)16-6-2-4-13(16)5-3-7-17/h9,13,17H,2-8,10H2,1H3. The summed E-state index contributed by atoms with van der Waals surface area (Å²) in [4.78, 5) is 18.7. The second-order valence-electron chi connectivity index (χ2n) is 5.10. The van der Waals surface area contributed by atoms with Crippen LogP contribution in [0, 0.1) is 6.92 Å². The Bertz CT molecular complexity index is 437. The number of aromatic nitrogens is 1. The minimum atomic E-state index is 0.219. The highest BCUT2D eigenvalue weighted by atomic mass is 32.2. The van der Waals surface area contributed by atoms with Crippen molar-refractivity contribution in [2.24, 2.45) is 0 Å². The summed E-state index contributed by atoms with van der Waals surface area (Å²) in [6.07, 6.45) is 3.90.